The molecule has 5 nitrogen and oxygen atoms in total. The molecule has 0 aliphatic heterocycles. The number of hydrogen-bond acceptors (Lipinski definition) is 5. The molecular formula is C17H9N3O2. The Morgan fingerprint density at radius 2 is 1.91 bits per heavy atom. The van der Waals surface area contributed by atoms with Gasteiger partial charge in [-0.2, -0.15) is 10.5 Å². The highest BCUT2D eigenvalue weighted by molar-refractivity contribution is 5.78. The van der Waals surface area contributed by atoms with Crippen molar-refractivity contribution in [3.05, 3.63) is 53.6 Å². The van der Waals surface area contributed by atoms with Crippen molar-refractivity contribution >= 4 is 17.2 Å². The molecule has 0 aliphatic carbocycles. The first-order valence-electron chi connectivity index (χ1n) is 6.42. The average molecular weight is 287 g/mol. The number of aromatic nitrogens is 1. The Bertz CT molecular complexity index is 922. The molecule has 0 saturated carbocycles. The van der Waals surface area contributed by atoms with Gasteiger partial charge in [0.05, 0.1) is 5.56 Å². The molecule has 1 heterocycles. The fourth-order valence-electron chi connectivity index (χ4n) is 2.06. The second-order valence-corrected chi connectivity index (χ2v) is 4.54. The number of para-hydroxylation sites is 2. The molecule has 0 bridgehead atoms. The Balaban J connectivity index is 2.13. The quantitative estimate of drug-likeness (QED) is 0.726. The molecule has 0 unspecified atom stereocenters. The molecule has 0 radical (unpaired) electrons. The third-order valence-electron chi connectivity index (χ3n) is 3.10. The molecule has 1 N–H and O–H groups in total. The number of aromatic hydroxyl groups is 1. The lowest BCUT2D eigenvalue weighted by Gasteiger charge is -2.01. The van der Waals surface area contributed by atoms with E-state index in [-0.39, 0.29) is 17.2 Å². The fraction of sp³-hybridized carbons (Fsp3) is 0. The highest BCUT2D eigenvalue weighted by Crippen LogP contribution is 2.32. The highest BCUT2D eigenvalue weighted by Gasteiger charge is 2.12. The summed E-state index contributed by atoms with van der Waals surface area (Å²) in [6, 6.07) is 15.6. The molecule has 1 aromatic heterocycles. The normalized spacial score (nSPS) is 9.91. The zero-order valence-electron chi connectivity index (χ0n) is 11.3. The Morgan fingerprint density at radius 1 is 1.14 bits per heavy atom. The number of nitrogens with zero attached hydrogens (tertiary/aromatic N) is 3. The Hall–Kier alpha value is -3.57. The number of nitriles is 2. The minimum absolute atomic E-state index is 0.0131. The largest absolute Gasteiger partial charge is 0.507 e. The number of allylic oxidation sites excluding steroid dienone is 1. The van der Waals surface area contributed by atoms with E-state index in [0.717, 1.165) is 0 Å². The lowest BCUT2D eigenvalue weighted by atomic mass is 10.1. The summed E-state index contributed by atoms with van der Waals surface area (Å²) < 4.78 is 5.63. The van der Waals surface area contributed by atoms with Gasteiger partial charge in [0, 0.05) is 0 Å². The number of oxazole rings is 1. The zero-order valence-corrected chi connectivity index (χ0v) is 11.3. The van der Waals surface area contributed by atoms with Crippen LogP contribution in [0.2, 0.25) is 0 Å². The number of phenolic OH excluding ortho intramolecular Hbond substituents is 1. The summed E-state index contributed by atoms with van der Waals surface area (Å²) in [5, 5.41) is 27.6. The van der Waals surface area contributed by atoms with Gasteiger partial charge in [0.15, 0.2) is 5.58 Å². The summed E-state index contributed by atoms with van der Waals surface area (Å²) in [7, 11) is 0. The van der Waals surface area contributed by atoms with Crippen molar-refractivity contribution < 1.29 is 9.52 Å². The molecular weight excluding hydrogens is 278 g/mol. The number of benzene rings is 2. The summed E-state index contributed by atoms with van der Waals surface area (Å²) in [6.07, 6.45) is 1.44. The lowest BCUT2D eigenvalue weighted by Crippen LogP contribution is -1.82. The average Bonchev–Trinajstić information content (AvgIpc) is 2.97. The molecule has 104 valence electrons. The zero-order chi connectivity index (χ0) is 15.5. The highest BCUT2D eigenvalue weighted by atomic mass is 16.3. The smallest absolute Gasteiger partial charge is 0.231 e. The van der Waals surface area contributed by atoms with Gasteiger partial charge in [-0.1, -0.05) is 18.2 Å². The molecule has 22 heavy (non-hydrogen) atoms. The lowest BCUT2D eigenvalue weighted by molar-refractivity contribution is 0.474. The monoisotopic (exact) mass is 287 g/mol. The van der Waals surface area contributed by atoms with E-state index in [1.54, 1.807) is 30.3 Å². The van der Waals surface area contributed by atoms with Crippen LogP contribution in [0.15, 0.2) is 52.5 Å². The van der Waals surface area contributed by atoms with Crippen LogP contribution in [0.4, 0.5) is 0 Å². The molecule has 0 saturated heterocycles. The van der Waals surface area contributed by atoms with Gasteiger partial charge in [-0.05, 0) is 35.9 Å². The van der Waals surface area contributed by atoms with Crippen LogP contribution in [0.25, 0.3) is 28.6 Å². The first-order chi connectivity index (χ1) is 10.7. The van der Waals surface area contributed by atoms with E-state index >= 15 is 0 Å². The molecule has 5 heteroatoms. The van der Waals surface area contributed by atoms with Gasteiger partial charge in [0.25, 0.3) is 0 Å². The van der Waals surface area contributed by atoms with Crippen LogP contribution in [-0.2, 0) is 0 Å². The maximum atomic E-state index is 10.0. The minimum Gasteiger partial charge on any atom is -0.507 e. The predicted molar refractivity (Wildman–Crippen MR) is 80.3 cm³/mol. The first-order valence-corrected chi connectivity index (χ1v) is 6.42. The van der Waals surface area contributed by atoms with Crippen LogP contribution in [0.3, 0.4) is 0 Å². The van der Waals surface area contributed by atoms with Gasteiger partial charge in [0.1, 0.15) is 29.0 Å². The van der Waals surface area contributed by atoms with Crippen molar-refractivity contribution in [3.63, 3.8) is 0 Å². The first kappa shape index (κ1) is 13.4. The van der Waals surface area contributed by atoms with E-state index in [2.05, 4.69) is 4.98 Å². The van der Waals surface area contributed by atoms with Gasteiger partial charge >= 0.3 is 0 Å². The second kappa shape index (κ2) is 5.43. The summed E-state index contributed by atoms with van der Waals surface area (Å²) >= 11 is 0. The van der Waals surface area contributed by atoms with E-state index < -0.39 is 0 Å². The van der Waals surface area contributed by atoms with Crippen LogP contribution in [0, 0.1) is 22.7 Å². The van der Waals surface area contributed by atoms with Gasteiger partial charge in [-0.3, -0.25) is 0 Å². The Morgan fingerprint density at radius 3 is 2.64 bits per heavy atom. The third-order valence-corrected chi connectivity index (χ3v) is 3.10. The fourth-order valence-corrected chi connectivity index (χ4v) is 2.06. The Labute approximate surface area is 126 Å². The number of hydrogen-bond donors (Lipinski definition) is 1. The van der Waals surface area contributed by atoms with Gasteiger partial charge in [0.2, 0.25) is 5.89 Å². The number of rotatable bonds is 2. The van der Waals surface area contributed by atoms with E-state index in [4.69, 9.17) is 14.9 Å². The maximum Gasteiger partial charge on any atom is 0.231 e. The summed E-state index contributed by atoms with van der Waals surface area (Å²) in [6.45, 7) is 0. The molecule has 0 spiro atoms. The van der Waals surface area contributed by atoms with E-state index in [9.17, 15) is 5.11 Å². The number of phenols is 1. The molecule has 2 aromatic carbocycles. The van der Waals surface area contributed by atoms with Gasteiger partial charge < -0.3 is 9.52 Å². The second-order valence-electron chi connectivity index (χ2n) is 4.54. The molecule has 3 aromatic rings. The minimum atomic E-state index is -0.0193. The molecule has 0 aliphatic rings. The van der Waals surface area contributed by atoms with E-state index in [1.165, 1.54) is 12.1 Å². The molecule has 0 atom stereocenters. The van der Waals surface area contributed by atoms with Crippen molar-refractivity contribution in [2.75, 3.05) is 0 Å². The van der Waals surface area contributed by atoms with Crippen molar-refractivity contribution in [3.8, 4) is 29.3 Å². The Kier molecular flexibility index (Phi) is 3.31. The third kappa shape index (κ3) is 2.39. The molecule has 3 rings (SSSR count). The van der Waals surface area contributed by atoms with Crippen LogP contribution < -0.4 is 0 Å². The van der Waals surface area contributed by atoms with Crippen molar-refractivity contribution in [2.45, 2.75) is 0 Å². The molecule has 0 amide bonds. The van der Waals surface area contributed by atoms with Gasteiger partial charge in [-0.15, -0.1) is 0 Å². The van der Waals surface area contributed by atoms with E-state index in [1.807, 2.05) is 18.2 Å². The topological polar surface area (TPSA) is 93.8 Å². The summed E-state index contributed by atoms with van der Waals surface area (Å²) in [5.74, 6) is 0.295. The number of fused-ring (bicyclic) bond motifs is 1. The van der Waals surface area contributed by atoms with Gasteiger partial charge in [-0.25, -0.2) is 4.98 Å². The van der Waals surface area contributed by atoms with Crippen LogP contribution in [-0.4, -0.2) is 10.1 Å². The molecule has 0 fully saturated rings. The summed E-state index contributed by atoms with van der Waals surface area (Å²) in [5.41, 5.74) is 2.29. The summed E-state index contributed by atoms with van der Waals surface area (Å²) in [4.78, 5) is 4.33. The van der Waals surface area contributed by atoms with Crippen molar-refractivity contribution in [2.24, 2.45) is 0 Å². The van der Waals surface area contributed by atoms with Crippen molar-refractivity contribution in [1.29, 1.82) is 10.5 Å². The van der Waals surface area contributed by atoms with Crippen molar-refractivity contribution in [1.82, 2.24) is 4.98 Å². The predicted octanol–water partition coefficient (Wildman–Crippen LogP) is 3.63. The van der Waals surface area contributed by atoms with Crippen LogP contribution in [0.1, 0.15) is 5.56 Å². The SMILES string of the molecule is N#CC(C#N)=Cc1ccc(O)c(-c2nc3ccccc3o2)c1. The van der Waals surface area contributed by atoms with Crippen LogP contribution >= 0.6 is 0 Å². The maximum absolute atomic E-state index is 10.0. The van der Waals surface area contributed by atoms with E-state index in [0.29, 0.717) is 22.2 Å². The standard InChI is InChI=1S/C17H9N3O2/c18-9-12(10-19)7-11-5-6-15(21)13(8-11)17-20-14-3-1-2-4-16(14)22-17/h1-8,21H. The van der Waals surface area contributed by atoms with Crippen LogP contribution in [0.5, 0.6) is 5.75 Å².